The lowest BCUT2D eigenvalue weighted by Gasteiger charge is -2.64. The van der Waals surface area contributed by atoms with Gasteiger partial charge in [0.05, 0.1) is 7.11 Å². The van der Waals surface area contributed by atoms with Crippen LogP contribution in [0.4, 0.5) is 0 Å². The lowest BCUT2D eigenvalue weighted by molar-refractivity contribution is -0.146. The number of methoxy groups -OCH3 is 1. The Balaban J connectivity index is 1.24. The normalized spacial score (nSPS) is 43.3. The van der Waals surface area contributed by atoms with E-state index in [9.17, 15) is 4.79 Å². The first-order chi connectivity index (χ1) is 17.6. The number of nitrogens with zero attached hydrogens (tertiary/aromatic N) is 2. The van der Waals surface area contributed by atoms with Crippen LogP contribution in [-0.4, -0.2) is 54.5 Å². The van der Waals surface area contributed by atoms with Crippen LogP contribution in [0.15, 0.2) is 18.2 Å². The summed E-state index contributed by atoms with van der Waals surface area (Å²) in [6, 6.07) is 8.14. The minimum atomic E-state index is 0.228. The highest BCUT2D eigenvalue weighted by Gasteiger charge is 2.78. The molecule has 1 amide bonds. The van der Waals surface area contributed by atoms with Gasteiger partial charge in [-0.25, -0.2) is 0 Å². The summed E-state index contributed by atoms with van der Waals surface area (Å²) in [5, 5.41) is 0. The fraction of sp³-hybridized carbons (Fsp3) is 0.781. The van der Waals surface area contributed by atoms with Crippen LogP contribution in [0.2, 0.25) is 0 Å². The number of carbonyl (C=O) groups excluding carboxylic acids is 1. The van der Waals surface area contributed by atoms with E-state index in [1.807, 2.05) is 7.11 Å². The first kappa shape index (κ1) is 22.4. The van der Waals surface area contributed by atoms with Gasteiger partial charge in [0.2, 0.25) is 5.91 Å². The molecule has 4 saturated carbocycles. The molecule has 2 aliphatic heterocycles. The minimum Gasteiger partial charge on any atom is -0.497 e. The third kappa shape index (κ3) is 2.73. The predicted octanol–water partition coefficient (Wildman–Crippen LogP) is 5.43. The maximum absolute atomic E-state index is 14.0. The number of ether oxygens (including phenoxy) is 1. The van der Waals surface area contributed by atoms with Gasteiger partial charge in [-0.3, -0.25) is 9.69 Å². The Labute approximate surface area is 217 Å². The second-order valence-corrected chi connectivity index (χ2v) is 13.9. The highest BCUT2D eigenvalue weighted by molar-refractivity contribution is 5.80. The average molecular weight is 489 g/mol. The van der Waals surface area contributed by atoms with Gasteiger partial charge in [-0.05, 0) is 111 Å². The maximum Gasteiger partial charge on any atom is 0.225 e. The number of rotatable bonds is 4. The molecule has 7 aliphatic rings. The molecule has 2 heterocycles. The average Bonchev–Trinajstić information content (AvgIpc) is 3.51. The van der Waals surface area contributed by atoms with E-state index in [0.29, 0.717) is 47.1 Å². The van der Waals surface area contributed by atoms with Gasteiger partial charge in [-0.15, -0.1) is 0 Å². The van der Waals surface area contributed by atoms with Crippen molar-refractivity contribution in [1.82, 2.24) is 9.80 Å². The Kier molecular flexibility index (Phi) is 4.82. The molecule has 2 bridgehead atoms. The number of benzene rings is 1. The third-order valence-electron chi connectivity index (χ3n) is 12.7. The van der Waals surface area contributed by atoms with Crippen molar-refractivity contribution in [2.24, 2.45) is 35.0 Å². The number of likely N-dealkylation sites (tertiary alicyclic amines) is 2. The molecule has 7 atom stereocenters. The van der Waals surface area contributed by atoms with Crippen molar-refractivity contribution in [3.8, 4) is 5.75 Å². The van der Waals surface area contributed by atoms with Crippen LogP contribution in [0.1, 0.15) is 82.3 Å². The summed E-state index contributed by atoms with van der Waals surface area (Å²) >= 11 is 0. The molecule has 6 fully saturated rings. The lowest BCUT2D eigenvalue weighted by Crippen LogP contribution is -2.69. The molecule has 36 heavy (non-hydrogen) atoms. The van der Waals surface area contributed by atoms with Crippen molar-refractivity contribution in [3.63, 3.8) is 0 Å². The van der Waals surface area contributed by atoms with E-state index in [1.54, 1.807) is 11.1 Å². The van der Waals surface area contributed by atoms with E-state index < -0.39 is 0 Å². The molecular formula is C32H44N2O2. The SMILES string of the molecule is COc1ccc2c(c1)C13C(C2)CN(CC2CC2)C(C)C12CCC1C3[C@@H](CN1C(=O)C1CCCCC1)C2. The lowest BCUT2D eigenvalue weighted by atomic mass is 9.45. The Morgan fingerprint density at radius 3 is 2.69 bits per heavy atom. The zero-order chi connectivity index (χ0) is 24.2. The van der Waals surface area contributed by atoms with Crippen LogP contribution >= 0.6 is 0 Å². The van der Waals surface area contributed by atoms with Crippen LogP contribution < -0.4 is 4.74 Å². The Hall–Kier alpha value is -1.55. The quantitative estimate of drug-likeness (QED) is 0.567. The van der Waals surface area contributed by atoms with Gasteiger partial charge in [0.15, 0.2) is 0 Å². The molecule has 2 saturated heterocycles. The zero-order valence-electron chi connectivity index (χ0n) is 22.4. The van der Waals surface area contributed by atoms with Gasteiger partial charge in [0.25, 0.3) is 0 Å². The Morgan fingerprint density at radius 1 is 1.08 bits per heavy atom. The molecule has 6 unspecified atom stereocenters. The molecule has 1 aromatic carbocycles. The van der Waals surface area contributed by atoms with Gasteiger partial charge in [-0.1, -0.05) is 25.3 Å². The van der Waals surface area contributed by atoms with Crippen LogP contribution in [0.25, 0.3) is 0 Å². The van der Waals surface area contributed by atoms with Gasteiger partial charge in [0, 0.05) is 43.1 Å². The second-order valence-electron chi connectivity index (χ2n) is 13.9. The smallest absolute Gasteiger partial charge is 0.225 e. The summed E-state index contributed by atoms with van der Waals surface area (Å²) < 4.78 is 5.83. The summed E-state index contributed by atoms with van der Waals surface area (Å²) in [5.41, 5.74) is 3.80. The van der Waals surface area contributed by atoms with Crippen LogP contribution in [-0.2, 0) is 16.6 Å². The van der Waals surface area contributed by atoms with Crippen molar-refractivity contribution in [1.29, 1.82) is 0 Å². The molecule has 4 heteroatoms. The summed E-state index contributed by atoms with van der Waals surface area (Å²) in [7, 11) is 1.83. The van der Waals surface area contributed by atoms with E-state index in [2.05, 4.69) is 34.9 Å². The molecule has 1 aromatic rings. The molecule has 0 radical (unpaired) electrons. The monoisotopic (exact) mass is 488 g/mol. The maximum atomic E-state index is 14.0. The summed E-state index contributed by atoms with van der Waals surface area (Å²) in [6.07, 6.45) is 14.0. The van der Waals surface area contributed by atoms with Crippen molar-refractivity contribution in [3.05, 3.63) is 29.3 Å². The topological polar surface area (TPSA) is 32.8 Å². The van der Waals surface area contributed by atoms with Crippen LogP contribution in [0, 0.1) is 35.0 Å². The van der Waals surface area contributed by atoms with Gasteiger partial charge in [0.1, 0.15) is 5.75 Å². The fourth-order valence-corrected chi connectivity index (χ4v) is 11.3. The summed E-state index contributed by atoms with van der Waals surface area (Å²) in [6.45, 7) is 6.21. The largest absolute Gasteiger partial charge is 0.497 e. The Bertz CT molecular complexity index is 1080. The second kappa shape index (κ2) is 7.74. The number of piperidine rings is 1. The van der Waals surface area contributed by atoms with E-state index in [4.69, 9.17) is 4.74 Å². The van der Waals surface area contributed by atoms with Crippen molar-refractivity contribution < 1.29 is 9.53 Å². The first-order valence-electron chi connectivity index (χ1n) is 15.3. The van der Waals surface area contributed by atoms with Gasteiger partial charge < -0.3 is 9.64 Å². The molecule has 0 N–H and O–H groups in total. The number of carbonyl (C=O) groups is 1. The molecular weight excluding hydrogens is 444 g/mol. The van der Waals surface area contributed by atoms with Crippen molar-refractivity contribution in [2.75, 3.05) is 26.7 Å². The molecule has 194 valence electrons. The standard InChI is InChI=1S/C32H44N2O2/c1-20-31-13-12-28-29(24(16-31)18-34(28)30(35)22-6-4-3-5-7-22)32(31)25(19-33(20)17-21-8-9-21)14-23-10-11-26(36-2)15-27(23)32/h10-11,15,20-22,24-25,28-29H,3-9,12-14,16-19H2,1-2H3/t20?,24-,25?,28?,29?,31?,32?/m1/s1. The zero-order valence-corrected chi connectivity index (χ0v) is 22.4. The number of amides is 1. The van der Waals surface area contributed by atoms with Gasteiger partial charge >= 0.3 is 0 Å². The van der Waals surface area contributed by atoms with Crippen molar-refractivity contribution >= 4 is 5.91 Å². The highest BCUT2D eigenvalue weighted by atomic mass is 16.5. The van der Waals surface area contributed by atoms with E-state index in [1.165, 1.54) is 70.9 Å². The molecule has 4 nitrogen and oxygen atoms in total. The third-order valence-corrected chi connectivity index (χ3v) is 12.7. The van der Waals surface area contributed by atoms with Gasteiger partial charge in [-0.2, -0.15) is 0 Å². The highest BCUT2D eigenvalue weighted by Crippen LogP contribution is 2.77. The van der Waals surface area contributed by atoms with Crippen molar-refractivity contribution in [2.45, 2.75) is 95.1 Å². The number of hydrogen-bond acceptors (Lipinski definition) is 3. The molecule has 1 spiro atoms. The summed E-state index contributed by atoms with van der Waals surface area (Å²) in [4.78, 5) is 19.4. The fourth-order valence-electron chi connectivity index (χ4n) is 11.3. The molecule has 8 rings (SSSR count). The predicted molar refractivity (Wildman–Crippen MR) is 141 cm³/mol. The van der Waals surface area contributed by atoms with Crippen LogP contribution in [0.3, 0.4) is 0 Å². The Morgan fingerprint density at radius 2 is 1.92 bits per heavy atom. The number of hydrogen-bond donors (Lipinski definition) is 0. The minimum absolute atomic E-state index is 0.228. The van der Waals surface area contributed by atoms with E-state index in [-0.39, 0.29) is 5.41 Å². The van der Waals surface area contributed by atoms with E-state index in [0.717, 1.165) is 31.1 Å². The molecule has 5 aliphatic carbocycles. The molecule has 0 aromatic heterocycles. The van der Waals surface area contributed by atoms with Crippen LogP contribution in [0.5, 0.6) is 5.75 Å². The first-order valence-corrected chi connectivity index (χ1v) is 15.3. The summed E-state index contributed by atoms with van der Waals surface area (Å²) in [5.74, 6) is 4.80. The van der Waals surface area contributed by atoms with E-state index >= 15 is 0 Å². The number of fused-ring (bicyclic) bond motifs is 1.